The number of para-hydroxylation sites is 1. The van der Waals surface area contributed by atoms with Crippen molar-refractivity contribution >= 4 is 34.3 Å². The molecule has 182 valence electrons. The summed E-state index contributed by atoms with van der Waals surface area (Å²) in [5.41, 5.74) is 2.43. The Morgan fingerprint density at radius 3 is 2.83 bits per heavy atom. The van der Waals surface area contributed by atoms with E-state index >= 15 is 0 Å². The minimum absolute atomic E-state index is 0.0272. The van der Waals surface area contributed by atoms with E-state index in [1.54, 1.807) is 0 Å². The molecule has 8 nitrogen and oxygen atoms in total. The Hall–Kier alpha value is -3.44. The molecule has 2 aromatic carbocycles. The summed E-state index contributed by atoms with van der Waals surface area (Å²) >= 11 is 1.28. The van der Waals surface area contributed by atoms with Crippen molar-refractivity contribution in [1.82, 2.24) is 19.7 Å². The minimum atomic E-state index is -2.90. The maximum Gasteiger partial charge on any atom is 0.387 e. The van der Waals surface area contributed by atoms with E-state index < -0.39 is 6.61 Å². The Balaban J connectivity index is 1.31. The fourth-order valence-corrected chi connectivity index (χ4v) is 4.80. The van der Waals surface area contributed by atoms with E-state index in [-0.39, 0.29) is 23.5 Å². The first-order chi connectivity index (χ1) is 17.1. The highest BCUT2D eigenvalue weighted by Gasteiger charge is 2.23. The number of carbonyl (C=O) groups is 1. The Kier molecular flexibility index (Phi) is 6.96. The van der Waals surface area contributed by atoms with Crippen molar-refractivity contribution in [1.29, 1.82) is 0 Å². The number of halogens is 2. The van der Waals surface area contributed by atoms with Gasteiger partial charge in [0.2, 0.25) is 5.91 Å². The molecule has 5 rings (SSSR count). The molecule has 1 fully saturated rings. The van der Waals surface area contributed by atoms with Crippen molar-refractivity contribution < 1.29 is 23.0 Å². The van der Waals surface area contributed by atoms with Gasteiger partial charge in [0.25, 0.3) is 0 Å². The zero-order valence-electron chi connectivity index (χ0n) is 18.6. The van der Waals surface area contributed by atoms with E-state index in [0.717, 1.165) is 41.7 Å². The first-order valence-corrected chi connectivity index (χ1v) is 12.1. The van der Waals surface area contributed by atoms with Gasteiger partial charge in [-0.15, -0.1) is 10.2 Å². The first kappa shape index (κ1) is 23.3. The number of anilines is 1. The lowest BCUT2D eigenvalue weighted by Crippen LogP contribution is -2.18. The first-order valence-electron chi connectivity index (χ1n) is 11.2. The quantitative estimate of drug-likeness (QED) is 0.317. The van der Waals surface area contributed by atoms with Gasteiger partial charge >= 0.3 is 6.61 Å². The normalized spacial score (nSPS) is 15.7. The summed E-state index contributed by atoms with van der Waals surface area (Å²) in [4.78, 5) is 15.8. The molecule has 2 aromatic heterocycles. The van der Waals surface area contributed by atoms with Crippen molar-refractivity contribution in [2.75, 3.05) is 17.7 Å². The van der Waals surface area contributed by atoms with Crippen LogP contribution in [-0.4, -0.2) is 50.7 Å². The van der Waals surface area contributed by atoms with Crippen LogP contribution in [0.2, 0.25) is 0 Å². The fourth-order valence-electron chi connectivity index (χ4n) is 4.05. The Morgan fingerprint density at radius 1 is 1.23 bits per heavy atom. The van der Waals surface area contributed by atoms with Crippen LogP contribution in [0.5, 0.6) is 5.75 Å². The lowest BCUT2D eigenvalue weighted by Gasteiger charge is -2.14. The van der Waals surface area contributed by atoms with Crippen LogP contribution in [0.3, 0.4) is 0 Å². The summed E-state index contributed by atoms with van der Waals surface area (Å²) in [7, 11) is 0. The van der Waals surface area contributed by atoms with Crippen molar-refractivity contribution in [2.45, 2.75) is 37.3 Å². The van der Waals surface area contributed by atoms with Crippen LogP contribution in [0.1, 0.15) is 12.8 Å². The second kappa shape index (κ2) is 10.4. The number of rotatable bonds is 9. The Bertz CT molecular complexity index is 1300. The smallest absolute Gasteiger partial charge is 0.387 e. The predicted molar refractivity (Wildman–Crippen MR) is 129 cm³/mol. The summed E-state index contributed by atoms with van der Waals surface area (Å²) in [6.45, 7) is -1.56. The Labute approximate surface area is 204 Å². The maximum atomic E-state index is 12.5. The van der Waals surface area contributed by atoms with Gasteiger partial charge in [0.1, 0.15) is 5.75 Å². The van der Waals surface area contributed by atoms with Crippen LogP contribution < -0.4 is 10.1 Å². The van der Waals surface area contributed by atoms with Crippen molar-refractivity contribution in [2.24, 2.45) is 0 Å². The SMILES string of the molecule is O=C(CSc1nnc(-c2c[nH]c3ccccc23)n1C[C@H]1CCCO1)Nc1ccc(OC(F)F)cc1. The molecule has 1 atom stereocenters. The number of fused-ring (bicyclic) bond motifs is 1. The van der Waals surface area contributed by atoms with Crippen molar-refractivity contribution in [3.8, 4) is 17.1 Å². The van der Waals surface area contributed by atoms with E-state index in [1.807, 2.05) is 35.0 Å². The summed E-state index contributed by atoms with van der Waals surface area (Å²) in [6, 6.07) is 13.8. The van der Waals surface area contributed by atoms with Crippen LogP contribution in [0.25, 0.3) is 22.3 Å². The number of thioether (sulfide) groups is 1. The number of nitrogens with zero attached hydrogens (tertiary/aromatic N) is 3. The number of ether oxygens (including phenoxy) is 2. The number of hydrogen-bond donors (Lipinski definition) is 2. The number of alkyl halides is 2. The molecule has 1 aliphatic heterocycles. The summed E-state index contributed by atoms with van der Waals surface area (Å²) < 4.78 is 36.8. The standard InChI is InChI=1S/C24H23F2N5O3S/c25-23(26)34-16-9-7-15(8-10-16)28-21(32)14-35-24-30-29-22(31(24)13-17-4-3-11-33-17)19-12-27-20-6-2-1-5-18(19)20/h1-2,5-10,12,17,23,27H,3-4,11,13-14H2,(H,28,32)/t17-/m1/s1. The monoisotopic (exact) mass is 499 g/mol. The van der Waals surface area contributed by atoms with Gasteiger partial charge in [0.15, 0.2) is 11.0 Å². The van der Waals surface area contributed by atoms with Gasteiger partial charge in [-0.1, -0.05) is 30.0 Å². The van der Waals surface area contributed by atoms with Gasteiger partial charge in [-0.25, -0.2) is 0 Å². The summed E-state index contributed by atoms with van der Waals surface area (Å²) in [5, 5.41) is 13.3. The van der Waals surface area contributed by atoms with Crippen LogP contribution in [-0.2, 0) is 16.1 Å². The van der Waals surface area contributed by atoms with Crippen molar-refractivity contribution in [3.05, 3.63) is 54.7 Å². The summed E-state index contributed by atoms with van der Waals surface area (Å²) in [5.74, 6) is 0.597. The molecule has 0 unspecified atom stereocenters. The van der Waals surface area contributed by atoms with Gasteiger partial charge in [0, 0.05) is 35.0 Å². The number of carbonyl (C=O) groups excluding carboxylic acids is 1. The molecule has 0 radical (unpaired) electrons. The molecule has 0 bridgehead atoms. The van der Waals surface area contributed by atoms with Crippen LogP contribution >= 0.6 is 11.8 Å². The number of benzene rings is 2. The second-order valence-corrected chi connectivity index (χ2v) is 8.98. The maximum absolute atomic E-state index is 12.5. The lowest BCUT2D eigenvalue weighted by molar-refractivity contribution is -0.113. The van der Waals surface area contributed by atoms with E-state index in [2.05, 4.69) is 25.2 Å². The van der Waals surface area contributed by atoms with Crippen LogP contribution in [0.15, 0.2) is 59.9 Å². The number of aromatic nitrogens is 4. The van der Waals surface area contributed by atoms with E-state index in [4.69, 9.17) is 4.74 Å². The average Bonchev–Trinajstić information content (AvgIpc) is 3.59. The van der Waals surface area contributed by atoms with Crippen LogP contribution in [0, 0.1) is 0 Å². The lowest BCUT2D eigenvalue weighted by atomic mass is 10.1. The molecule has 0 saturated carbocycles. The van der Waals surface area contributed by atoms with Gasteiger partial charge < -0.3 is 19.8 Å². The Morgan fingerprint density at radius 2 is 2.06 bits per heavy atom. The third-order valence-corrected chi connectivity index (χ3v) is 6.62. The average molecular weight is 500 g/mol. The molecular weight excluding hydrogens is 476 g/mol. The van der Waals surface area contributed by atoms with E-state index in [1.165, 1.54) is 36.0 Å². The van der Waals surface area contributed by atoms with Gasteiger partial charge in [-0.05, 0) is 43.2 Å². The third-order valence-electron chi connectivity index (χ3n) is 5.65. The molecular formula is C24H23F2N5O3S. The molecule has 4 aromatic rings. The number of amides is 1. The molecule has 11 heteroatoms. The molecule has 1 aliphatic rings. The number of hydrogen-bond acceptors (Lipinski definition) is 6. The highest BCUT2D eigenvalue weighted by molar-refractivity contribution is 7.99. The van der Waals surface area contributed by atoms with E-state index in [9.17, 15) is 13.6 Å². The largest absolute Gasteiger partial charge is 0.435 e. The zero-order chi connectivity index (χ0) is 24.2. The molecule has 3 heterocycles. The molecule has 35 heavy (non-hydrogen) atoms. The predicted octanol–water partition coefficient (Wildman–Crippen LogP) is 4.94. The number of nitrogens with one attached hydrogen (secondary N) is 2. The highest BCUT2D eigenvalue weighted by Crippen LogP contribution is 2.31. The molecule has 2 N–H and O–H groups in total. The second-order valence-electron chi connectivity index (χ2n) is 8.04. The van der Waals surface area contributed by atoms with Crippen LogP contribution in [0.4, 0.5) is 14.5 Å². The van der Waals surface area contributed by atoms with E-state index in [0.29, 0.717) is 17.4 Å². The van der Waals surface area contributed by atoms with Gasteiger partial charge in [-0.2, -0.15) is 8.78 Å². The van der Waals surface area contributed by atoms with Crippen molar-refractivity contribution in [3.63, 3.8) is 0 Å². The molecule has 1 amide bonds. The van der Waals surface area contributed by atoms with Gasteiger partial charge in [-0.3, -0.25) is 9.36 Å². The molecule has 0 spiro atoms. The number of H-pyrrole nitrogens is 1. The topological polar surface area (TPSA) is 94.1 Å². The third kappa shape index (κ3) is 5.46. The zero-order valence-corrected chi connectivity index (χ0v) is 19.4. The minimum Gasteiger partial charge on any atom is -0.435 e. The highest BCUT2D eigenvalue weighted by atomic mass is 32.2. The fraction of sp³-hybridized carbons (Fsp3) is 0.292. The summed E-state index contributed by atoms with van der Waals surface area (Å²) in [6.07, 6.45) is 3.96. The molecule has 0 aliphatic carbocycles. The molecule has 1 saturated heterocycles. The number of aromatic amines is 1. The van der Waals surface area contributed by atoms with Gasteiger partial charge in [0.05, 0.1) is 18.4 Å².